The van der Waals surface area contributed by atoms with Gasteiger partial charge in [-0.15, -0.1) is 11.8 Å². The molecule has 0 aromatic heterocycles. The molecule has 0 aliphatic rings. The summed E-state index contributed by atoms with van der Waals surface area (Å²) >= 11 is 4.54. The van der Waals surface area contributed by atoms with Gasteiger partial charge in [-0.3, -0.25) is 14.5 Å². The molecule has 0 saturated heterocycles. The molecular weight excluding hydrogens is 406 g/mol. The minimum atomic E-state index is -0.432. The minimum Gasteiger partial charge on any atom is -0.504 e. The number of halogens is 1. The SMILES string of the molecule is CS/C(=C\c1ccc(O)c(O)c1)C(=O)N(C=O)Cc1ccc(Br)cc1. The molecule has 0 saturated carbocycles. The van der Waals surface area contributed by atoms with Crippen molar-refractivity contribution in [1.82, 2.24) is 4.90 Å². The Balaban J connectivity index is 2.23. The zero-order valence-corrected chi connectivity index (χ0v) is 15.8. The van der Waals surface area contributed by atoms with E-state index >= 15 is 0 Å². The summed E-state index contributed by atoms with van der Waals surface area (Å²) in [5.74, 6) is -0.944. The van der Waals surface area contributed by atoms with Crippen LogP contribution in [0.4, 0.5) is 0 Å². The van der Waals surface area contributed by atoms with E-state index in [4.69, 9.17) is 0 Å². The number of phenols is 2. The van der Waals surface area contributed by atoms with Crippen molar-refractivity contribution in [3.8, 4) is 11.5 Å². The van der Waals surface area contributed by atoms with Crippen LogP contribution < -0.4 is 0 Å². The van der Waals surface area contributed by atoms with E-state index < -0.39 is 5.91 Å². The first-order valence-electron chi connectivity index (χ1n) is 7.23. The van der Waals surface area contributed by atoms with Crippen molar-refractivity contribution in [2.24, 2.45) is 0 Å². The maximum absolute atomic E-state index is 12.6. The van der Waals surface area contributed by atoms with E-state index in [2.05, 4.69) is 15.9 Å². The highest BCUT2D eigenvalue weighted by atomic mass is 79.9. The maximum atomic E-state index is 12.6. The number of carbonyl (C=O) groups excluding carboxylic acids is 2. The average molecular weight is 422 g/mol. The molecule has 5 nitrogen and oxygen atoms in total. The molecule has 25 heavy (non-hydrogen) atoms. The van der Waals surface area contributed by atoms with Gasteiger partial charge < -0.3 is 10.2 Å². The zero-order chi connectivity index (χ0) is 18.4. The van der Waals surface area contributed by atoms with Crippen LogP contribution in [0.1, 0.15) is 11.1 Å². The molecule has 2 aromatic carbocycles. The smallest absolute Gasteiger partial charge is 0.266 e. The van der Waals surface area contributed by atoms with Gasteiger partial charge in [0.15, 0.2) is 11.5 Å². The van der Waals surface area contributed by atoms with Crippen molar-refractivity contribution in [2.45, 2.75) is 6.54 Å². The van der Waals surface area contributed by atoms with E-state index in [1.807, 2.05) is 24.3 Å². The van der Waals surface area contributed by atoms with Gasteiger partial charge in [0.2, 0.25) is 6.41 Å². The lowest BCUT2D eigenvalue weighted by molar-refractivity contribution is -0.135. The number of hydrogen-bond donors (Lipinski definition) is 2. The molecule has 2 aromatic rings. The lowest BCUT2D eigenvalue weighted by Crippen LogP contribution is -2.29. The molecule has 0 spiro atoms. The lowest BCUT2D eigenvalue weighted by Gasteiger charge is -2.17. The van der Waals surface area contributed by atoms with Crippen molar-refractivity contribution >= 4 is 46.1 Å². The molecule has 7 heteroatoms. The van der Waals surface area contributed by atoms with Crippen LogP contribution in [-0.2, 0) is 16.1 Å². The van der Waals surface area contributed by atoms with Gasteiger partial charge in [0.05, 0.1) is 11.4 Å². The summed E-state index contributed by atoms with van der Waals surface area (Å²) in [5, 5.41) is 18.9. The Morgan fingerprint density at radius 2 is 1.84 bits per heavy atom. The predicted octanol–water partition coefficient (Wildman–Crippen LogP) is 3.75. The number of thioether (sulfide) groups is 1. The second-order valence-corrected chi connectivity index (χ2v) is 6.89. The Kier molecular flexibility index (Phi) is 6.66. The molecule has 0 heterocycles. The molecule has 2 N–H and O–H groups in total. The van der Waals surface area contributed by atoms with Crippen LogP contribution in [0.2, 0.25) is 0 Å². The van der Waals surface area contributed by atoms with Crippen LogP contribution in [-0.4, -0.2) is 33.7 Å². The first kappa shape index (κ1) is 19.1. The summed E-state index contributed by atoms with van der Waals surface area (Å²) in [6, 6.07) is 11.6. The van der Waals surface area contributed by atoms with E-state index in [0.717, 1.165) is 14.9 Å². The van der Waals surface area contributed by atoms with Crippen molar-refractivity contribution < 1.29 is 19.8 Å². The Morgan fingerprint density at radius 3 is 2.40 bits per heavy atom. The molecule has 2 rings (SSSR count). The van der Waals surface area contributed by atoms with Gasteiger partial charge >= 0.3 is 0 Å². The average Bonchev–Trinajstić information content (AvgIpc) is 2.61. The normalized spacial score (nSPS) is 11.2. The Morgan fingerprint density at radius 1 is 1.16 bits per heavy atom. The molecule has 0 bridgehead atoms. The second kappa shape index (κ2) is 8.73. The molecular formula is C18H16BrNO4S. The summed E-state index contributed by atoms with van der Waals surface area (Å²) in [6.07, 6.45) is 3.79. The third-order valence-electron chi connectivity index (χ3n) is 3.38. The van der Waals surface area contributed by atoms with E-state index in [1.54, 1.807) is 18.4 Å². The van der Waals surface area contributed by atoms with E-state index in [0.29, 0.717) is 16.9 Å². The summed E-state index contributed by atoms with van der Waals surface area (Å²) < 4.78 is 0.914. The van der Waals surface area contributed by atoms with E-state index in [9.17, 15) is 19.8 Å². The number of rotatable bonds is 6. The summed E-state index contributed by atoms with van der Waals surface area (Å²) in [6.45, 7) is 0.161. The molecule has 0 atom stereocenters. The number of benzene rings is 2. The number of aromatic hydroxyl groups is 2. The summed E-state index contributed by atoms with van der Waals surface area (Å²) in [5.41, 5.74) is 1.37. The topological polar surface area (TPSA) is 77.8 Å². The van der Waals surface area contributed by atoms with Crippen LogP contribution in [0.25, 0.3) is 6.08 Å². The fraction of sp³-hybridized carbons (Fsp3) is 0.111. The molecule has 0 aliphatic heterocycles. The van der Waals surface area contributed by atoms with E-state index in [-0.39, 0.29) is 18.0 Å². The number of nitrogens with zero attached hydrogens (tertiary/aromatic N) is 1. The Hall–Kier alpha value is -2.25. The van der Waals surface area contributed by atoms with Crippen LogP contribution in [0.3, 0.4) is 0 Å². The van der Waals surface area contributed by atoms with Gasteiger partial charge in [0.25, 0.3) is 5.91 Å². The number of carbonyl (C=O) groups is 2. The number of imide groups is 1. The summed E-state index contributed by atoms with van der Waals surface area (Å²) in [4.78, 5) is 25.4. The number of amides is 2. The lowest BCUT2D eigenvalue weighted by atomic mass is 10.1. The van der Waals surface area contributed by atoms with Gasteiger partial charge in [-0.25, -0.2) is 0 Å². The largest absolute Gasteiger partial charge is 0.504 e. The fourth-order valence-corrected chi connectivity index (χ4v) is 2.88. The first-order valence-corrected chi connectivity index (χ1v) is 9.24. The molecule has 2 amide bonds. The predicted molar refractivity (Wildman–Crippen MR) is 102 cm³/mol. The van der Waals surface area contributed by atoms with Crippen LogP contribution in [0.15, 0.2) is 51.8 Å². The van der Waals surface area contributed by atoms with Gasteiger partial charge in [0.1, 0.15) is 0 Å². The Labute approximate surface area is 158 Å². The third-order valence-corrected chi connectivity index (χ3v) is 4.64. The quantitative estimate of drug-likeness (QED) is 0.421. The van der Waals surface area contributed by atoms with Crippen molar-refractivity contribution in [3.05, 3.63) is 63.0 Å². The van der Waals surface area contributed by atoms with Crippen molar-refractivity contribution in [2.75, 3.05) is 6.26 Å². The molecule has 0 fully saturated rings. The van der Waals surface area contributed by atoms with Crippen molar-refractivity contribution in [1.29, 1.82) is 0 Å². The van der Waals surface area contributed by atoms with Gasteiger partial charge in [-0.05, 0) is 47.7 Å². The van der Waals surface area contributed by atoms with Gasteiger partial charge in [0, 0.05) is 4.47 Å². The minimum absolute atomic E-state index is 0.161. The van der Waals surface area contributed by atoms with Gasteiger partial charge in [-0.2, -0.15) is 0 Å². The number of hydrogen-bond acceptors (Lipinski definition) is 5. The third kappa shape index (κ3) is 5.11. The van der Waals surface area contributed by atoms with Crippen molar-refractivity contribution in [3.63, 3.8) is 0 Å². The first-order chi connectivity index (χ1) is 11.9. The van der Waals surface area contributed by atoms with E-state index in [1.165, 1.54) is 23.9 Å². The maximum Gasteiger partial charge on any atom is 0.266 e. The molecule has 130 valence electrons. The van der Waals surface area contributed by atoms with Gasteiger partial charge in [-0.1, -0.05) is 34.1 Å². The molecule has 0 aliphatic carbocycles. The molecule has 0 radical (unpaired) electrons. The van der Waals surface area contributed by atoms with Crippen LogP contribution >= 0.6 is 27.7 Å². The zero-order valence-electron chi connectivity index (χ0n) is 13.3. The highest BCUT2D eigenvalue weighted by Gasteiger charge is 2.18. The second-order valence-electron chi connectivity index (χ2n) is 5.13. The van der Waals surface area contributed by atoms with Crippen LogP contribution in [0, 0.1) is 0 Å². The Bertz CT molecular complexity index is 805. The number of phenolic OH excluding ortho intramolecular Hbond substituents is 2. The monoisotopic (exact) mass is 421 g/mol. The fourth-order valence-electron chi connectivity index (χ4n) is 2.07. The molecule has 0 unspecified atom stereocenters. The highest BCUT2D eigenvalue weighted by Crippen LogP contribution is 2.27. The summed E-state index contributed by atoms with van der Waals surface area (Å²) in [7, 11) is 0. The standard InChI is InChI=1S/C18H16BrNO4S/c1-25-17(9-13-4-7-15(22)16(23)8-13)18(24)20(11-21)10-12-2-5-14(19)6-3-12/h2-9,11,22-23H,10H2,1H3/b17-9-. The van der Waals surface area contributed by atoms with Crippen LogP contribution in [0.5, 0.6) is 11.5 Å². The highest BCUT2D eigenvalue weighted by molar-refractivity contribution is 9.10.